The number of allylic oxidation sites excluding steroid dienone is 16. The van der Waals surface area contributed by atoms with Crippen LogP contribution in [0.5, 0.6) is 0 Å². The maximum absolute atomic E-state index is 12.4. The first-order valence-electron chi connectivity index (χ1n) is 36.8. The molecule has 0 aromatic heterocycles. The Hall–Kier alpha value is -3.18. The third-order valence-corrected chi connectivity index (χ3v) is 16.4. The van der Waals surface area contributed by atoms with Gasteiger partial charge in [-0.1, -0.05) is 368 Å². The summed E-state index contributed by atoms with van der Waals surface area (Å²) in [6.45, 7) is 3.96. The zero-order valence-corrected chi connectivity index (χ0v) is 55.9. The standard InChI is InChI=1S/C79H140O5/c1-3-5-7-9-11-13-15-17-19-21-23-25-27-29-31-33-34-35-36-37-38-39-40-41-42-43-44-46-48-50-52-54-56-58-60-62-64-66-68-70-72-74-79(82)84-77(75-80)76-83-78(81)73-71-69-67-65-63-61-59-57-55-53-51-49-47-45-32-30-28-26-24-22-20-18-16-14-12-10-8-6-4-2/h5-8,11-14,17-20,23-26,77,80H,3-4,9-10,15-16,21-22,27-76H2,1-2H3/b7-5-,8-6-,13-11-,14-12-,19-17-,20-18-,25-23-,26-24-. The van der Waals surface area contributed by atoms with E-state index in [4.69, 9.17) is 9.47 Å². The minimum absolute atomic E-state index is 0.0635. The van der Waals surface area contributed by atoms with Gasteiger partial charge in [-0.25, -0.2) is 0 Å². The van der Waals surface area contributed by atoms with Crippen LogP contribution in [0.25, 0.3) is 0 Å². The van der Waals surface area contributed by atoms with Crippen LogP contribution in [0.3, 0.4) is 0 Å². The maximum atomic E-state index is 12.4. The van der Waals surface area contributed by atoms with Crippen LogP contribution in [0, 0.1) is 0 Å². The van der Waals surface area contributed by atoms with Gasteiger partial charge in [0.2, 0.25) is 0 Å². The number of unbranched alkanes of at least 4 members (excludes halogenated alkanes) is 44. The molecule has 84 heavy (non-hydrogen) atoms. The lowest BCUT2D eigenvalue weighted by atomic mass is 10.0. The zero-order chi connectivity index (χ0) is 60.5. The van der Waals surface area contributed by atoms with Crippen molar-refractivity contribution in [1.82, 2.24) is 0 Å². The molecule has 0 aromatic carbocycles. The number of carbonyl (C=O) groups excluding carboxylic acids is 2. The van der Waals surface area contributed by atoms with Crippen LogP contribution in [0.15, 0.2) is 97.2 Å². The molecule has 0 bridgehead atoms. The van der Waals surface area contributed by atoms with E-state index in [1.54, 1.807) is 0 Å². The Morgan fingerprint density at radius 2 is 0.476 bits per heavy atom. The predicted molar refractivity (Wildman–Crippen MR) is 371 cm³/mol. The van der Waals surface area contributed by atoms with Gasteiger partial charge in [-0.05, 0) is 89.9 Å². The Kier molecular flexibility index (Phi) is 71.3. The average molecular weight is 1170 g/mol. The Balaban J connectivity index is 3.39. The first-order valence-corrected chi connectivity index (χ1v) is 36.8. The fourth-order valence-electron chi connectivity index (χ4n) is 11.0. The summed E-state index contributed by atoms with van der Waals surface area (Å²) < 4.78 is 10.8. The van der Waals surface area contributed by atoms with E-state index in [2.05, 4.69) is 111 Å². The van der Waals surface area contributed by atoms with E-state index in [0.29, 0.717) is 12.8 Å². The SMILES string of the molecule is CC/C=C\C/C=C\C/C=C\C/C=C\CCCCCCCCCCCCCCCCCCCCCCCCCCCCCCC(=O)OC(CO)COC(=O)CCCCCCCCCCCCCCCCCC/C=C\C/C=C\C/C=C\C/C=C\CC. The number of hydrogen-bond acceptors (Lipinski definition) is 5. The maximum Gasteiger partial charge on any atom is 0.306 e. The minimum atomic E-state index is -0.774. The highest BCUT2D eigenvalue weighted by Gasteiger charge is 2.16. The van der Waals surface area contributed by atoms with E-state index < -0.39 is 6.10 Å². The third-order valence-electron chi connectivity index (χ3n) is 16.4. The van der Waals surface area contributed by atoms with Gasteiger partial charge in [-0.2, -0.15) is 0 Å². The molecule has 0 rings (SSSR count). The van der Waals surface area contributed by atoms with Crippen molar-refractivity contribution < 1.29 is 24.2 Å². The first-order chi connectivity index (χ1) is 41.6. The second kappa shape index (κ2) is 74.1. The van der Waals surface area contributed by atoms with E-state index in [1.807, 2.05) is 0 Å². The fraction of sp³-hybridized carbons (Fsp3) is 0.772. The van der Waals surface area contributed by atoms with Gasteiger partial charge in [-0.3, -0.25) is 9.59 Å². The molecule has 1 N–H and O–H groups in total. The van der Waals surface area contributed by atoms with E-state index in [9.17, 15) is 14.7 Å². The van der Waals surface area contributed by atoms with Gasteiger partial charge in [0.05, 0.1) is 6.61 Å². The molecule has 0 heterocycles. The third kappa shape index (κ3) is 71.3. The lowest BCUT2D eigenvalue weighted by molar-refractivity contribution is -0.161. The summed E-state index contributed by atoms with van der Waals surface area (Å²) in [7, 11) is 0. The highest BCUT2D eigenvalue weighted by atomic mass is 16.6. The molecular formula is C79H140O5. The smallest absolute Gasteiger partial charge is 0.306 e. The van der Waals surface area contributed by atoms with Crippen molar-refractivity contribution in [2.24, 2.45) is 0 Å². The molecule has 0 amide bonds. The van der Waals surface area contributed by atoms with Gasteiger partial charge in [0.25, 0.3) is 0 Å². The van der Waals surface area contributed by atoms with E-state index >= 15 is 0 Å². The van der Waals surface area contributed by atoms with Gasteiger partial charge in [0.1, 0.15) is 6.61 Å². The second-order valence-electron chi connectivity index (χ2n) is 24.6. The van der Waals surface area contributed by atoms with Gasteiger partial charge in [0.15, 0.2) is 6.10 Å². The molecular weight excluding hydrogens is 1030 g/mol. The number of rotatable bonds is 68. The molecule has 0 saturated carbocycles. The number of ether oxygens (including phenoxy) is 2. The van der Waals surface area contributed by atoms with Gasteiger partial charge >= 0.3 is 11.9 Å². The summed E-state index contributed by atoms with van der Waals surface area (Å²) >= 11 is 0. The first kappa shape index (κ1) is 80.8. The van der Waals surface area contributed by atoms with Crippen LogP contribution in [0.4, 0.5) is 0 Å². The quantitative estimate of drug-likeness (QED) is 0.0373. The monoisotopic (exact) mass is 1170 g/mol. The van der Waals surface area contributed by atoms with Crippen molar-refractivity contribution in [2.45, 2.75) is 380 Å². The van der Waals surface area contributed by atoms with Crippen molar-refractivity contribution in [2.75, 3.05) is 13.2 Å². The van der Waals surface area contributed by atoms with E-state index in [0.717, 1.165) is 89.9 Å². The van der Waals surface area contributed by atoms with Crippen LogP contribution in [0.2, 0.25) is 0 Å². The summed E-state index contributed by atoms with van der Waals surface area (Å²) in [5.74, 6) is -0.573. The molecule has 0 aromatic rings. The molecule has 5 nitrogen and oxygen atoms in total. The molecule has 5 heteroatoms. The summed E-state index contributed by atoms with van der Waals surface area (Å²) in [5, 5.41) is 9.71. The average Bonchev–Trinajstić information content (AvgIpc) is 3.51. The van der Waals surface area contributed by atoms with Crippen molar-refractivity contribution in [1.29, 1.82) is 0 Å². The molecule has 0 radical (unpaired) electrons. The Labute approximate surface area is 523 Å². The van der Waals surface area contributed by atoms with Gasteiger partial charge < -0.3 is 14.6 Å². The van der Waals surface area contributed by atoms with Crippen LogP contribution in [-0.4, -0.2) is 36.4 Å². The van der Waals surface area contributed by atoms with Gasteiger partial charge in [0, 0.05) is 12.8 Å². The van der Waals surface area contributed by atoms with Crippen LogP contribution >= 0.6 is 0 Å². The van der Waals surface area contributed by atoms with Crippen molar-refractivity contribution >= 4 is 11.9 Å². The van der Waals surface area contributed by atoms with Crippen molar-refractivity contribution in [3.63, 3.8) is 0 Å². The molecule has 1 atom stereocenters. The molecule has 1 unspecified atom stereocenters. The number of esters is 2. The van der Waals surface area contributed by atoms with E-state index in [1.165, 1.54) is 257 Å². The summed E-state index contributed by atoms with van der Waals surface area (Å²) in [6, 6.07) is 0. The molecule has 0 fully saturated rings. The van der Waals surface area contributed by atoms with Crippen LogP contribution in [0.1, 0.15) is 373 Å². The molecule has 0 aliphatic heterocycles. The van der Waals surface area contributed by atoms with E-state index in [-0.39, 0.29) is 25.2 Å². The Bertz CT molecular complexity index is 1560. The minimum Gasteiger partial charge on any atom is -0.462 e. The number of aliphatic hydroxyl groups is 1. The predicted octanol–water partition coefficient (Wildman–Crippen LogP) is 25.8. The summed E-state index contributed by atoms with van der Waals surface area (Å²) in [5.41, 5.74) is 0. The zero-order valence-electron chi connectivity index (χ0n) is 55.9. The number of carbonyl (C=O) groups is 2. The lowest BCUT2D eigenvalue weighted by Crippen LogP contribution is -2.28. The van der Waals surface area contributed by atoms with Crippen LogP contribution < -0.4 is 0 Å². The molecule has 0 spiro atoms. The van der Waals surface area contributed by atoms with Crippen molar-refractivity contribution in [3.05, 3.63) is 97.2 Å². The van der Waals surface area contributed by atoms with Crippen molar-refractivity contribution in [3.8, 4) is 0 Å². The summed E-state index contributed by atoms with van der Waals surface area (Å²) in [6.07, 6.45) is 106. The lowest BCUT2D eigenvalue weighted by Gasteiger charge is -2.15. The second-order valence-corrected chi connectivity index (χ2v) is 24.6. The number of aliphatic hydroxyl groups excluding tert-OH is 1. The molecule has 0 aliphatic rings. The Morgan fingerprint density at radius 3 is 0.714 bits per heavy atom. The number of hydrogen-bond donors (Lipinski definition) is 1. The topological polar surface area (TPSA) is 72.8 Å². The molecule has 0 saturated heterocycles. The Morgan fingerprint density at radius 1 is 0.274 bits per heavy atom. The fourth-order valence-corrected chi connectivity index (χ4v) is 11.0. The highest BCUT2D eigenvalue weighted by molar-refractivity contribution is 5.70. The highest BCUT2D eigenvalue weighted by Crippen LogP contribution is 2.19. The summed E-state index contributed by atoms with van der Waals surface area (Å²) in [4.78, 5) is 24.7. The normalized spacial score (nSPS) is 12.8. The molecule has 0 aliphatic carbocycles. The van der Waals surface area contributed by atoms with Crippen LogP contribution in [-0.2, 0) is 19.1 Å². The van der Waals surface area contributed by atoms with Gasteiger partial charge in [-0.15, -0.1) is 0 Å². The molecule has 486 valence electrons. The largest absolute Gasteiger partial charge is 0.462 e.